The van der Waals surface area contributed by atoms with E-state index < -0.39 is 35.8 Å². The number of alkyl halides is 6. The maximum atomic E-state index is 14.7. The van der Waals surface area contributed by atoms with E-state index in [2.05, 4.69) is 20.4 Å². The summed E-state index contributed by atoms with van der Waals surface area (Å²) in [5.41, 5.74) is -1.70. The van der Waals surface area contributed by atoms with Gasteiger partial charge in [-0.15, -0.1) is 5.10 Å². The lowest BCUT2D eigenvalue weighted by molar-refractivity contribution is -0.143. The summed E-state index contributed by atoms with van der Waals surface area (Å²) >= 11 is 6.20. The van der Waals surface area contributed by atoms with Gasteiger partial charge in [0, 0.05) is 23.7 Å². The van der Waals surface area contributed by atoms with Crippen molar-refractivity contribution in [3.63, 3.8) is 0 Å². The predicted octanol–water partition coefficient (Wildman–Crippen LogP) is 7.44. The van der Waals surface area contributed by atoms with Crippen LogP contribution in [0.15, 0.2) is 42.5 Å². The Labute approximate surface area is 240 Å². The fraction of sp³-hybridized carbons (Fsp3) is 0.333. The third kappa shape index (κ3) is 6.92. The van der Waals surface area contributed by atoms with E-state index in [9.17, 15) is 30.7 Å². The maximum absolute atomic E-state index is 14.7. The van der Waals surface area contributed by atoms with Crippen molar-refractivity contribution in [3.05, 3.63) is 81.4 Å². The number of anilines is 1. The molecule has 2 heterocycles. The van der Waals surface area contributed by atoms with Crippen LogP contribution in [0.25, 0.3) is 11.1 Å². The molecule has 2 aromatic carbocycles. The molecule has 0 fully saturated rings. The van der Waals surface area contributed by atoms with E-state index in [1.165, 1.54) is 31.2 Å². The molecule has 2 aromatic heterocycles. The first-order valence-corrected chi connectivity index (χ1v) is 12.7. The summed E-state index contributed by atoms with van der Waals surface area (Å²) in [6.07, 6.45) is -10.1. The van der Waals surface area contributed by atoms with Crippen molar-refractivity contribution in [3.8, 4) is 16.9 Å². The zero-order valence-corrected chi connectivity index (χ0v) is 23.4. The minimum atomic E-state index is -5.03. The van der Waals surface area contributed by atoms with Gasteiger partial charge >= 0.3 is 12.4 Å². The van der Waals surface area contributed by atoms with Gasteiger partial charge in [-0.3, -0.25) is 0 Å². The summed E-state index contributed by atoms with van der Waals surface area (Å²) < 4.78 is 101. The van der Waals surface area contributed by atoms with Crippen molar-refractivity contribution in [1.29, 1.82) is 0 Å². The normalized spacial score (nSPS) is 12.2. The lowest BCUT2D eigenvalue weighted by Crippen LogP contribution is -2.25. The highest BCUT2D eigenvalue weighted by Gasteiger charge is 2.37. The topological polar surface area (TPSA) is 69.0 Å². The summed E-state index contributed by atoms with van der Waals surface area (Å²) in [6.45, 7) is 2.91. The molecule has 0 aliphatic heterocycles. The van der Waals surface area contributed by atoms with Gasteiger partial charge in [0.1, 0.15) is 16.7 Å². The van der Waals surface area contributed by atoms with Gasteiger partial charge in [-0.05, 0) is 58.7 Å². The van der Waals surface area contributed by atoms with Crippen molar-refractivity contribution in [2.75, 3.05) is 12.0 Å². The predicted molar refractivity (Wildman–Crippen MR) is 140 cm³/mol. The van der Waals surface area contributed by atoms with Crippen LogP contribution in [0.4, 0.5) is 36.7 Å². The Kier molecular flexibility index (Phi) is 8.67. The first-order chi connectivity index (χ1) is 19.6. The Hall–Kier alpha value is -3.94. The molecule has 0 saturated heterocycles. The van der Waals surface area contributed by atoms with Crippen LogP contribution in [0, 0.1) is 5.82 Å². The summed E-state index contributed by atoms with van der Waals surface area (Å²) in [5.74, 6) is -0.587. The minimum absolute atomic E-state index is 0.0537. The number of hydrogen-bond acceptors (Lipinski definition) is 6. The average molecular weight is 617 g/mol. The van der Waals surface area contributed by atoms with E-state index >= 15 is 0 Å². The standard InChI is InChI=1S/C27H24ClF7N6O/c1-14(2)19-10-20(23(42-4)11-21(19)29)18-5-6-24(28)36-22(18)13-41(25-37-39-40(3)38-25)12-15-7-16(26(30,31)32)9-17(8-15)27(33,34)35/h5-11,14H,12-13H2,1-4H3. The number of methoxy groups -OCH3 is 1. The lowest BCUT2D eigenvalue weighted by atomic mass is 9.95. The van der Waals surface area contributed by atoms with Crippen molar-refractivity contribution in [2.24, 2.45) is 7.05 Å². The summed E-state index contributed by atoms with van der Waals surface area (Å²) in [5, 5.41) is 11.8. The quantitative estimate of drug-likeness (QED) is 0.151. The first kappa shape index (κ1) is 31.0. The van der Waals surface area contributed by atoms with Crippen LogP contribution >= 0.6 is 11.6 Å². The van der Waals surface area contributed by atoms with Gasteiger partial charge in [0.15, 0.2) is 0 Å². The Morgan fingerprint density at radius 1 is 0.929 bits per heavy atom. The first-order valence-electron chi connectivity index (χ1n) is 12.4. The molecular weight excluding hydrogens is 593 g/mol. The van der Waals surface area contributed by atoms with Gasteiger partial charge in [-0.2, -0.15) is 31.1 Å². The number of benzene rings is 2. The lowest BCUT2D eigenvalue weighted by Gasteiger charge is -2.24. The molecule has 0 amide bonds. The third-order valence-corrected chi connectivity index (χ3v) is 6.52. The fourth-order valence-electron chi connectivity index (χ4n) is 4.34. The van der Waals surface area contributed by atoms with E-state index in [4.69, 9.17) is 16.3 Å². The van der Waals surface area contributed by atoms with E-state index in [0.717, 1.165) is 4.80 Å². The number of aromatic nitrogens is 5. The highest BCUT2D eigenvalue weighted by atomic mass is 35.5. The highest BCUT2D eigenvalue weighted by molar-refractivity contribution is 6.29. The van der Waals surface area contributed by atoms with Crippen LogP contribution in [0.1, 0.15) is 47.7 Å². The Morgan fingerprint density at radius 2 is 1.57 bits per heavy atom. The van der Waals surface area contributed by atoms with E-state index in [1.807, 2.05) is 0 Å². The van der Waals surface area contributed by atoms with Crippen molar-refractivity contribution in [2.45, 2.75) is 45.2 Å². The molecule has 0 N–H and O–H groups in total. The smallest absolute Gasteiger partial charge is 0.416 e. The largest absolute Gasteiger partial charge is 0.496 e. The van der Waals surface area contributed by atoms with Crippen LogP contribution in [-0.4, -0.2) is 32.3 Å². The van der Waals surface area contributed by atoms with Gasteiger partial charge in [0.2, 0.25) is 0 Å². The number of tetrazole rings is 1. The second-order valence-electron chi connectivity index (χ2n) is 9.71. The molecule has 0 unspecified atom stereocenters. The molecule has 0 saturated carbocycles. The third-order valence-electron chi connectivity index (χ3n) is 6.31. The molecule has 0 atom stereocenters. The van der Waals surface area contributed by atoms with Crippen LogP contribution in [0.5, 0.6) is 5.75 Å². The molecule has 15 heteroatoms. The SMILES string of the molecule is COc1cc(F)c(C(C)C)cc1-c1ccc(Cl)nc1CN(Cc1cc(C(F)(F)F)cc(C(F)(F)F)c1)c1nnn(C)n1. The maximum Gasteiger partial charge on any atom is 0.416 e. The van der Waals surface area contributed by atoms with Gasteiger partial charge in [-0.25, -0.2) is 9.37 Å². The summed E-state index contributed by atoms with van der Waals surface area (Å²) in [6, 6.07) is 7.24. The fourth-order valence-corrected chi connectivity index (χ4v) is 4.51. The van der Waals surface area contributed by atoms with Crippen LogP contribution in [0.2, 0.25) is 5.15 Å². The van der Waals surface area contributed by atoms with Crippen molar-refractivity contribution < 1.29 is 35.5 Å². The van der Waals surface area contributed by atoms with Crippen molar-refractivity contribution in [1.82, 2.24) is 25.2 Å². The second-order valence-corrected chi connectivity index (χ2v) is 10.1. The monoisotopic (exact) mass is 616 g/mol. The minimum Gasteiger partial charge on any atom is -0.496 e. The zero-order chi connectivity index (χ0) is 31.0. The van der Waals surface area contributed by atoms with Crippen LogP contribution in [0.3, 0.4) is 0 Å². The molecule has 0 radical (unpaired) electrons. The number of ether oxygens (including phenoxy) is 1. The van der Waals surface area contributed by atoms with Crippen LogP contribution in [-0.2, 0) is 32.5 Å². The molecule has 4 rings (SSSR count). The number of nitrogens with zero attached hydrogens (tertiary/aromatic N) is 6. The molecule has 7 nitrogen and oxygen atoms in total. The summed E-state index contributed by atoms with van der Waals surface area (Å²) in [7, 11) is 2.80. The highest BCUT2D eigenvalue weighted by Crippen LogP contribution is 2.39. The van der Waals surface area contributed by atoms with E-state index in [1.54, 1.807) is 26.0 Å². The van der Waals surface area contributed by atoms with Gasteiger partial charge in [0.05, 0.1) is 37.5 Å². The molecule has 0 aliphatic rings. The molecule has 42 heavy (non-hydrogen) atoms. The van der Waals surface area contributed by atoms with Crippen LogP contribution < -0.4 is 9.64 Å². The van der Waals surface area contributed by atoms with Crippen molar-refractivity contribution >= 4 is 17.5 Å². The molecule has 224 valence electrons. The zero-order valence-electron chi connectivity index (χ0n) is 22.6. The number of halogens is 8. The Morgan fingerprint density at radius 3 is 2.10 bits per heavy atom. The molecule has 0 aliphatic carbocycles. The Bertz CT molecular complexity index is 1550. The number of hydrogen-bond donors (Lipinski definition) is 0. The molecule has 4 aromatic rings. The van der Waals surface area contributed by atoms with Gasteiger partial charge < -0.3 is 9.64 Å². The number of rotatable bonds is 8. The average Bonchev–Trinajstić information content (AvgIpc) is 3.33. The second kappa shape index (κ2) is 11.7. The molecule has 0 bridgehead atoms. The molecule has 0 spiro atoms. The van der Waals surface area contributed by atoms with E-state index in [0.29, 0.717) is 28.8 Å². The Balaban J connectivity index is 1.85. The summed E-state index contributed by atoms with van der Waals surface area (Å²) in [4.78, 5) is 6.77. The number of aryl methyl sites for hydroxylation is 1. The number of pyridine rings is 1. The van der Waals surface area contributed by atoms with E-state index in [-0.39, 0.29) is 46.6 Å². The molecular formula is C27H24ClF7N6O. The van der Waals surface area contributed by atoms with Gasteiger partial charge in [-0.1, -0.05) is 30.5 Å². The van der Waals surface area contributed by atoms with Gasteiger partial charge in [0.25, 0.3) is 5.95 Å².